The summed E-state index contributed by atoms with van der Waals surface area (Å²) in [5.41, 5.74) is 5.63. The van der Waals surface area contributed by atoms with Crippen molar-refractivity contribution in [1.29, 1.82) is 0 Å². The van der Waals surface area contributed by atoms with E-state index in [4.69, 9.17) is 5.73 Å². The second-order valence-electron chi connectivity index (χ2n) is 6.38. The first-order chi connectivity index (χ1) is 12.1. The van der Waals surface area contributed by atoms with Crippen molar-refractivity contribution in [3.8, 4) is 0 Å². The summed E-state index contributed by atoms with van der Waals surface area (Å²) >= 11 is 0. The van der Waals surface area contributed by atoms with E-state index < -0.39 is 11.2 Å². The van der Waals surface area contributed by atoms with E-state index in [1.807, 2.05) is 30.3 Å². The number of nitrogens with zero attached hydrogens (tertiary/aromatic N) is 2. The van der Waals surface area contributed by atoms with Crippen LogP contribution in [-0.4, -0.2) is 27.6 Å². The normalized spacial score (nSPS) is 14.3. The number of benzene rings is 1. The molecule has 3 N–H and O–H groups in total. The highest BCUT2D eigenvalue weighted by molar-refractivity contribution is 5.85. The monoisotopic (exact) mass is 378 g/mol. The van der Waals surface area contributed by atoms with Gasteiger partial charge in [0.15, 0.2) is 0 Å². The smallest absolute Gasteiger partial charge is 0.331 e. The molecule has 0 radical (unpaired) electrons. The van der Waals surface area contributed by atoms with Gasteiger partial charge in [0.2, 0.25) is 5.91 Å². The molecule has 3 rings (SSSR count). The highest BCUT2D eigenvalue weighted by atomic mass is 35.5. The zero-order chi connectivity index (χ0) is 17.8. The minimum absolute atomic E-state index is 0. The average Bonchev–Trinajstić information content (AvgIpc) is 3.45. The zero-order valence-corrected chi connectivity index (χ0v) is 15.2. The molecule has 26 heavy (non-hydrogen) atoms. The van der Waals surface area contributed by atoms with Crippen LogP contribution in [-0.2, 0) is 17.9 Å². The quantitative estimate of drug-likeness (QED) is 0.725. The Labute approximate surface area is 157 Å². The molecule has 1 fully saturated rings. The summed E-state index contributed by atoms with van der Waals surface area (Å²) in [6.07, 6.45) is 3.56. The molecule has 1 heterocycles. The molecule has 0 bridgehead atoms. The van der Waals surface area contributed by atoms with Gasteiger partial charge in [0.1, 0.15) is 6.54 Å². The number of halogens is 1. The Balaban J connectivity index is 0.00000243. The molecule has 7 nitrogen and oxygen atoms in total. The third-order valence-electron chi connectivity index (χ3n) is 4.43. The molecule has 1 aliphatic carbocycles. The van der Waals surface area contributed by atoms with Gasteiger partial charge in [-0.2, -0.15) is 0 Å². The SMILES string of the molecule is Cl.NCC(NC(=O)Cn1c(=O)ccn(Cc2ccccc2)c1=O)C1CC1. The van der Waals surface area contributed by atoms with Crippen molar-refractivity contribution in [1.82, 2.24) is 14.5 Å². The molecule has 1 aliphatic rings. The van der Waals surface area contributed by atoms with Crippen LogP contribution in [0, 0.1) is 5.92 Å². The molecule has 1 saturated carbocycles. The van der Waals surface area contributed by atoms with Crippen molar-refractivity contribution in [3.63, 3.8) is 0 Å². The summed E-state index contributed by atoms with van der Waals surface area (Å²) in [5, 5.41) is 2.83. The van der Waals surface area contributed by atoms with Crippen LogP contribution in [0.1, 0.15) is 18.4 Å². The van der Waals surface area contributed by atoms with Crippen molar-refractivity contribution in [2.75, 3.05) is 6.54 Å². The maximum atomic E-state index is 12.6. The van der Waals surface area contributed by atoms with Gasteiger partial charge in [-0.15, -0.1) is 12.4 Å². The first kappa shape index (κ1) is 19.9. The van der Waals surface area contributed by atoms with E-state index in [0.29, 0.717) is 19.0 Å². The van der Waals surface area contributed by atoms with E-state index in [-0.39, 0.29) is 30.9 Å². The lowest BCUT2D eigenvalue weighted by Gasteiger charge is -2.16. The zero-order valence-electron chi connectivity index (χ0n) is 14.3. The number of amides is 1. The minimum Gasteiger partial charge on any atom is -0.350 e. The summed E-state index contributed by atoms with van der Waals surface area (Å²) in [5.74, 6) is 0.0511. The van der Waals surface area contributed by atoms with Crippen LogP contribution in [0.4, 0.5) is 0 Å². The Morgan fingerprint density at radius 2 is 1.88 bits per heavy atom. The van der Waals surface area contributed by atoms with Gasteiger partial charge in [-0.25, -0.2) is 4.79 Å². The van der Waals surface area contributed by atoms with Crippen molar-refractivity contribution >= 4 is 18.3 Å². The second-order valence-corrected chi connectivity index (χ2v) is 6.38. The fourth-order valence-electron chi connectivity index (χ4n) is 2.87. The van der Waals surface area contributed by atoms with Crippen LogP contribution in [0.2, 0.25) is 0 Å². The Bertz CT molecular complexity index is 859. The summed E-state index contributed by atoms with van der Waals surface area (Å²) in [6, 6.07) is 10.7. The van der Waals surface area contributed by atoms with Gasteiger partial charge in [-0.3, -0.25) is 18.7 Å². The van der Waals surface area contributed by atoms with E-state index >= 15 is 0 Å². The fourth-order valence-corrected chi connectivity index (χ4v) is 2.87. The molecule has 140 valence electrons. The molecule has 2 aromatic rings. The van der Waals surface area contributed by atoms with E-state index in [0.717, 1.165) is 23.0 Å². The van der Waals surface area contributed by atoms with E-state index in [9.17, 15) is 14.4 Å². The lowest BCUT2D eigenvalue weighted by atomic mass is 10.2. The number of nitrogens with one attached hydrogen (secondary N) is 1. The van der Waals surface area contributed by atoms with Crippen molar-refractivity contribution < 1.29 is 4.79 Å². The number of rotatable bonds is 7. The van der Waals surface area contributed by atoms with E-state index in [1.165, 1.54) is 16.8 Å². The Hall–Kier alpha value is -2.38. The topological polar surface area (TPSA) is 99.1 Å². The summed E-state index contributed by atoms with van der Waals surface area (Å²) < 4.78 is 2.38. The largest absolute Gasteiger partial charge is 0.350 e. The van der Waals surface area contributed by atoms with Crippen LogP contribution in [0.25, 0.3) is 0 Å². The highest BCUT2D eigenvalue weighted by Gasteiger charge is 2.31. The fraction of sp³-hybridized carbons (Fsp3) is 0.389. The van der Waals surface area contributed by atoms with E-state index in [1.54, 1.807) is 0 Å². The molecular weight excluding hydrogens is 356 g/mol. The molecule has 8 heteroatoms. The molecule has 1 atom stereocenters. The first-order valence-corrected chi connectivity index (χ1v) is 8.42. The third kappa shape index (κ3) is 4.83. The van der Waals surface area contributed by atoms with Gasteiger partial charge in [0.05, 0.1) is 6.54 Å². The van der Waals surface area contributed by atoms with Crippen LogP contribution in [0.3, 0.4) is 0 Å². The van der Waals surface area contributed by atoms with Crippen LogP contribution >= 0.6 is 12.4 Å². The van der Waals surface area contributed by atoms with Gasteiger partial charge >= 0.3 is 5.69 Å². The molecule has 1 amide bonds. The highest BCUT2D eigenvalue weighted by Crippen LogP contribution is 2.32. The number of carbonyl (C=O) groups excluding carboxylic acids is 1. The Morgan fingerprint density at radius 3 is 2.50 bits per heavy atom. The average molecular weight is 379 g/mol. The Morgan fingerprint density at radius 1 is 1.19 bits per heavy atom. The molecule has 0 aliphatic heterocycles. The van der Waals surface area contributed by atoms with Crippen molar-refractivity contribution in [2.24, 2.45) is 11.7 Å². The minimum atomic E-state index is -0.498. The molecule has 1 aromatic carbocycles. The standard InChI is InChI=1S/C18H22N4O3.ClH/c19-10-15(14-6-7-14)20-16(23)12-22-17(24)8-9-21(18(22)25)11-13-4-2-1-3-5-13;/h1-5,8-9,14-15H,6-7,10-12,19H2,(H,20,23);1H. The van der Waals surface area contributed by atoms with Crippen LogP contribution in [0.5, 0.6) is 0 Å². The lowest BCUT2D eigenvalue weighted by Crippen LogP contribution is -2.47. The maximum Gasteiger partial charge on any atom is 0.331 e. The molecule has 0 spiro atoms. The predicted octanol–water partition coefficient (Wildman–Crippen LogP) is 0.334. The second kappa shape index (κ2) is 8.82. The van der Waals surface area contributed by atoms with Gasteiger partial charge in [0, 0.05) is 24.8 Å². The van der Waals surface area contributed by atoms with Crippen molar-refractivity contribution in [3.05, 3.63) is 69.0 Å². The van der Waals surface area contributed by atoms with Gasteiger partial charge < -0.3 is 11.1 Å². The van der Waals surface area contributed by atoms with Crippen LogP contribution in [0.15, 0.2) is 52.2 Å². The predicted molar refractivity (Wildman–Crippen MR) is 101 cm³/mol. The van der Waals surface area contributed by atoms with Gasteiger partial charge in [-0.05, 0) is 24.3 Å². The molecule has 1 unspecified atom stereocenters. The van der Waals surface area contributed by atoms with Crippen molar-refractivity contribution in [2.45, 2.75) is 32.0 Å². The number of carbonyl (C=O) groups is 1. The molecular formula is C18H23ClN4O3. The number of nitrogens with two attached hydrogens (primary N) is 1. The van der Waals surface area contributed by atoms with E-state index in [2.05, 4.69) is 5.32 Å². The lowest BCUT2D eigenvalue weighted by molar-refractivity contribution is -0.122. The molecule has 1 aromatic heterocycles. The third-order valence-corrected chi connectivity index (χ3v) is 4.43. The molecule has 0 saturated heterocycles. The summed E-state index contributed by atoms with van der Waals surface area (Å²) in [6.45, 7) is 0.407. The Kier molecular flexibility index (Phi) is 6.76. The first-order valence-electron chi connectivity index (χ1n) is 8.42. The maximum absolute atomic E-state index is 12.6. The summed E-state index contributed by atoms with van der Waals surface area (Å²) in [7, 11) is 0. The number of hydrogen-bond donors (Lipinski definition) is 2. The van der Waals surface area contributed by atoms with Gasteiger partial charge in [-0.1, -0.05) is 30.3 Å². The van der Waals surface area contributed by atoms with Crippen LogP contribution < -0.4 is 22.3 Å². The summed E-state index contributed by atoms with van der Waals surface area (Å²) in [4.78, 5) is 36.8. The number of hydrogen-bond acceptors (Lipinski definition) is 4. The number of aromatic nitrogens is 2. The van der Waals surface area contributed by atoms with Gasteiger partial charge in [0.25, 0.3) is 5.56 Å².